The zero-order valence-electron chi connectivity index (χ0n) is 10.8. The van der Waals surface area contributed by atoms with E-state index < -0.39 is 17.6 Å². The molecule has 0 spiro atoms. The van der Waals surface area contributed by atoms with E-state index in [0.717, 1.165) is 6.07 Å². The largest absolute Gasteiger partial charge is 0.478 e. The monoisotopic (exact) mass is 277 g/mol. The Labute approximate surface area is 114 Å². The fourth-order valence-corrected chi connectivity index (χ4v) is 1.97. The van der Waals surface area contributed by atoms with Crippen LogP contribution in [-0.4, -0.2) is 11.1 Å². The standard InChI is InChI=1S/C15H13F2NO2/c1-9-13(15(19)20)3-2-4-14(9)18-8-10-5-11(16)7-12(17)6-10/h2-7,18H,8H2,1H3,(H,19,20). The number of hydrogen-bond acceptors (Lipinski definition) is 2. The molecule has 0 atom stereocenters. The Morgan fingerprint density at radius 1 is 1.20 bits per heavy atom. The van der Waals surface area contributed by atoms with Gasteiger partial charge in [-0.3, -0.25) is 0 Å². The van der Waals surface area contributed by atoms with Crippen molar-refractivity contribution in [3.63, 3.8) is 0 Å². The van der Waals surface area contributed by atoms with Crippen molar-refractivity contribution in [1.29, 1.82) is 0 Å². The van der Waals surface area contributed by atoms with Gasteiger partial charge >= 0.3 is 5.97 Å². The van der Waals surface area contributed by atoms with Gasteiger partial charge in [0.25, 0.3) is 0 Å². The molecule has 3 nitrogen and oxygen atoms in total. The predicted molar refractivity (Wildman–Crippen MR) is 71.8 cm³/mol. The van der Waals surface area contributed by atoms with Gasteiger partial charge in [0.15, 0.2) is 0 Å². The lowest BCUT2D eigenvalue weighted by Crippen LogP contribution is -2.06. The molecule has 0 aromatic heterocycles. The highest BCUT2D eigenvalue weighted by atomic mass is 19.1. The Morgan fingerprint density at radius 3 is 2.45 bits per heavy atom. The highest BCUT2D eigenvalue weighted by Gasteiger charge is 2.10. The SMILES string of the molecule is Cc1c(NCc2cc(F)cc(F)c2)cccc1C(=O)O. The van der Waals surface area contributed by atoms with Crippen LogP contribution in [0.5, 0.6) is 0 Å². The third kappa shape index (κ3) is 3.12. The van der Waals surface area contributed by atoms with Crippen LogP contribution >= 0.6 is 0 Å². The molecule has 20 heavy (non-hydrogen) atoms. The number of carbonyl (C=O) groups is 1. The smallest absolute Gasteiger partial charge is 0.336 e. The summed E-state index contributed by atoms with van der Waals surface area (Å²) in [5.41, 5.74) is 1.84. The van der Waals surface area contributed by atoms with Crippen LogP contribution < -0.4 is 5.32 Å². The summed E-state index contributed by atoms with van der Waals surface area (Å²) in [6.07, 6.45) is 0. The van der Waals surface area contributed by atoms with Crippen molar-refractivity contribution in [2.45, 2.75) is 13.5 Å². The van der Waals surface area contributed by atoms with Crippen LogP contribution in [0.2, 0.25) is 0 Å². The minimum absolute atomic E-state index is 0.195. The second-order valence-electron chi connectivity index (χ2n) is 4.41. The summed E-state index contributed by atoms with van der Waals surface area (Å²) < 4.78 is 26.1. The van der Waals surface area contributed by atoms with Gasteiger partial charge in [-0.1, -0.05) is 6.07 Å². The van der Waals surface area contributed by atoms with Gasteiger partial charge in [0.1, 0.15) is 11.6 Å². The van der Waals surface area contributed by atoms with Crippen molar-refractivity contribution in [3.05, 3.63) is 64.7 Å². The predicted octanol–water partition coefficient (Wildman–Crippen LogP) is 3.58. The molecule has 5 heteroatoms. The van der Waals surface area contributed by atoms with Gasteiger partial charge in [-0.15, -0.1) is 0 Å². The van der Waals surface area contributed by atoms with Crippen LogP contribution in [0.1, 0.15) is 21.5 Å². The number of carboxylic acids is 1. The highest BCUT2D eigenvalue weighted by molar-refractivity contribution is 5.91. The van der Waals surface area contributed by atoms with E-state index >= 15 is 0 Å². The molecule has 2 aromatic carbocycles. The zero-order chi connectivity index (χ0) is 14.7. The average Bonchev–Trinajstić information content (AvgIpc) is 2.36. The van der Waals surface area contributed by atoms with Gasteiger partial charge < -0.3 is 10.4 Å². The Kier molecular flexibility index (Phi) is 3.98. The molecule has 0 saturated carbocycles. The second-order valence-corrected chi connectivity index (χ2v) is 4.41. The molecule has 0 aliphatic carbocycles. The topological polar surface area (TPSA) is 49.3 Å². The fourth-order valence-electron chi connectivity index (χ4n) is 1.97. The third-order valence-corrected chi connectivity index (χ3v) is 2.97. The van der Waals surface area contributed by atoms with E-state index in [0.29, 0.717) is 16.8 Å². The van der Waals surface area contributed by atoms with E-state index in [9.17, 15) is 13.6 Å². The molecule has 0 aliphatic rings. The minimum atomic E-state index is -1.01. The molecule has 2 aromatic rings. The van der Waals surface area contributed by atoms with Crippen molar-refractivity contribution >= 4 is 11.7 Å². The Morgan fingerprint density at radius 2 is 1.85 bits per heavy atom. The van der Waals surface area contributed by atoms with E-state index in [4.69, 9.17) is 5.11 Å². The molecule has 2 rings (SSSR count). The number of anilines is 1. The third-order valence-electron chi connectivity index (χ3n) is 2.97. The molecular weight excluding hydrogens is 264 g/mol. The van der Waals surface area contributed by atoms with Crippen molar-refractivity contribution in [2.75, 3.05) is 5.32 Å². The first-order valence-corrected chi connectivity index (χ1v) is 5.99. The first-order valence-electron chi connectivity index (χ1n) is 5.99. The van der Waals surface area contributed by atoms with Gasteiger partial charge in [-0.05, 0) is 42.3 Å². The quantitative estimate of drug-likeness (QED) is 0.898. The minimum Gasteiger partial charge on any atom is -0.478 e. The van der Waals surface area contributed by atoms with E-state index in [1.165, 1.54) is 18.2 Å². The van der Waals surface area contributed by atoms with Crippen LogP contribution in [0.3, 0.4) is 0 Å². The zero-order valence-corrected chi connectivity index (χ0v) is 10.8. The maximum atomic E-state index is 13.1. The van der Waals surface area contributed by atoms with Gasteiger partial charge in [0.05, 0.1) is 5.56 Å². The molecule has 0 aliphatic heterocycles. The molecule has 0 fully saturated rings. The van der Waals surface area contributed by atoms with Crippen LogP contribution in [0.4, 0.5) is 14.5 Å². The normalized spacial score (nSPS) is 10.3. The molecule has 0 unspecified atom stereocenters. The summed E-state index contributed by atoms with van der Waals surface area (Å²) in [5.74, 6) is -2.29. The van der Waals surface area contributed by atoms with E-state index in [1.807, 2.05) is 0 Å². The lowest BCUT2D eigenvalue weighted by Gasteiger charge is -2.11. The fraction of sp³-hybridized carbons (Fsp3) is 0.133. The van der Waals surface area contributed by atoms with Crippen LogP contribution in [-0.2, 0) is 6.54 Å². The first-order chi connectivity index (χ1) is 9.47. The molecule has 0 saturated heterocycles. The highest BCUT2D eigenvalue weighted by Crippen LogP contribution is 2.20. The maximum absolute atomic E-state index is 13.1. The number of hydrogen-bond donors (Lipinski definition) is 2. The summed E-state index contributed by atoms with van der Waals surface area (Å²) in [6.45, 7) is 1.89. The number of aromatic carboxylic acids is 1. The van der Waals surface area contributed by atoms with E-state index in [2.05, 4.69) is 5.32 Å². The van der Waals surface area contributed by atoms with Crippen LogP contribution in [0.15, 0.2) is 36.4 Å². The van der Waals surface area contributed by atoms with E-state index in [1.54, 1.807) is 19.1 Å². The van der Waals surface area contributed by atoms with Crippen molar-refractivity contribution in [3.8, 4) is 0 Å². The number of carboxylic acid groups (broad SMARTS) is 1. The summed E-state index contributed by atoms with van der Waals surface area (Å²) >= 11 is 0. The van der Waals surface area contributed by atoms with Gasteiger partial charge in [0.2, 0.25) is 0 Å². The molecule has 0 radical (unpaired) electrons. The molecule has 0 heterocycles. The average molecular weight is 277 g/mol. The Balaban J connectivity index is 2.19. The first kappa shape index (κ1) is 14.0. The summed E-state index contributed by atoms with van der Waals surface area (Å²) in [4.78, 5) is 11.0. The van der Waals surface area contributed by atoms with E-state index in [-0.39, 0.29) is 12.1 Å². The van der Waals surface area contributed by atoms with Crippen molar-refractivity contribution in [2.24, 2.45) is 0 Å². The second kappa shape index (κ2) is 5.69. The molecular formula is C15H13F2NO2. The number of rotatable bonds is 4. The lowest BCUT2D eigenvalue weighted by atomic mass is 10.1. The number of benzene rings is 2. The van der Waals surface area contributed by atoms with Crippen LogP contribution in [0.25, 0.3) is 0 Å². The van der Waals surface area contributed by atoms with Gasteiger partial charge in [-0.25, -0.2) is 13.6 Å². The Hall–Kier alpha value is -2.43. The summed E-state index contributed by atoms with van der Waals surface area (Å²) in [7, 11) is 0. The maximum Gasteiger partial charge on any atom is 0.336 e. The molecule has 104 valence electrons. The molecule has 2 N–H and O–H groups in total. The summed E-state index contributed by atoms with van der Waals surface area (Å²) in [5, 5.41) is 12.0. The Bertz CT molecular complexity index is 636. The molecule has 0 bridgehead atoms. The molecule has 0 amide bonds. The van der Waals surface area contributed by atoms with Crippen molar-refractivity contribution in [1.82, 2.24) is 0 Å². The number of nitrogens with one attached hydrogen (secondary N) is 1. The number of halogens is 2. The lowest BCUT2D eigenvalue weighted by molar-refractivity contribution is 0.0696. The van der Waals surface area contributed by atoms with Crippen molar-refractivity contribution < 1.29 is 18.7 Å². The van der Waals surface area contributed by atoms with Gasteiger partial charge in [-0.2, -0.15) is 0 Å². The van der Waals surface area contributed by atoms with Crippen LogP contribution in [0, 0.1) is 18.6 Å². The van der Waals surface area contributed by atoms with Gasteiger partial charge in [0, 0.05) is 18.3 Å². The summed E-state index contributed by atoms with van der Waals surface area (Å²) in [6, 6.07) is 8.10.